The number of carbonyl (C=O) groups is 2. The zero-order valence-corrected chi connectivity index (χ0v) is 18.6. The van der Waals surface area contributed by atoms with Gasteiger partial charge in [0.15, 0.2) is 0 Å². The lowest BCUT2D eigenvalue weighted by atomic mass is 9.99. The van der Waals surface area contributed by atoms with Gasteiger partial charge in [-0.3, -0.25) is 9.59 Å². The van der Waals surface area contributed by atoms with Crippen LogP contribution in [0.25, 0.3) is 5.76 Å². The molecule has 1 aliphatic heterocycles. The molecule has 1 saturated heterocycles. The summed E-state index contributed by atoms with van der Waals surface area (Å²) in [5.41, 5.74) is 0.452. The van der Waals surface area contributed by atoms with Crippen LogP contribution in [-0.2, 0) is 9.59 Å². The predicted molar refractivity (Wildman–Crippen MR) is 118 cm³/mol. The molecule has 1 N–H and O–H groups in total. The van der Waals surface area contributed by atoms with E-state index in [1.165, 1.54) is 4.90 Å². The van der Waals surface area contributed by atoms with Crippen LogP contribution < -0.4 is 4.74 Å². The highest BCUT2D eigenvalue weighted by molar-refractivity contribution is 6.46. The third-order valence-electron chi connectivity index (χ3n) is 5.54. The first-order valence-corrected chi connectivity index (χ1v) is 10.7. The maximum atomic E-state index is 13.0. The van der Waals surface area contributed by atoms with Gasteiger partial charge in [-0.15, -0.1) is 0 Å². The van der Waals surface area contributed by atoms with Gasteiger partial charge in [-0.2, -0.15) is 0 Å². The molecule has 0 saturated carbocycles. The highest BCUT2D eigenvalue weighted by Crippen LogP contribution is 2.40. The van der Waals surface area contributed by atoms with Crippen molar-refractivity contribution >= 4 is 17.4 Å². The monoisotopic (exact) mass is 426 g/mol. The topological polar surface area (TPSA) is 83.2 Å². The fourth-order valence-corrected chi connectivity index (χ4v) is 3.85. The number of likely N-dealkylation sites (N-methyl/N-ethyl adjacent to an activating group) is 1. The molecule has 1 aliphatic rings. The molecule has 1 aromatic heterocycles. The van der Waals surface area contributed by atoms with Crippen LogP contribution in [0.15, 0.2) is 46.4 Å². The third kappa shape index (κ3) is 4.66. The number of hydrogen-bond acceptors (Lipinski definition) is 6. The number of aryl methyl sites for hydroxylation is 1. The van der Waals surface area contributed by atoms with E-state index in [0.717, 1.165) is 13.1 Å². The Morgan fingerprint density at radius 1 is 1.16 bits per heavy atom. The second kappa shape index (κ2) is 9.83. The third-order valence-corrected chi connectivity index (χ3v) is 5.54. The van der Waals surface area contributed by atoms with Crippen LogP contribution in [-0.4, -0.2) is 59.4 Å². The van der Waals surface area contributed by atoms with E-state index in [9.17, 15) is 14.7 Å². The van der Waals surface area contributed by atoms with Crippen molar-refractivity contribution in [1.82, 2.24) is 9.80 Å². The van der Waals surface area contributed by atoms with E-state index in [4.69, 9.17) is 9.15 Å². The molecule has 7 heteroatoms. The standard InChI is InChI=1S/C24H30N2O5/c1-5-25(6-2)13-14-26-21(19-12-11-16(4)31-19)20(23(28)24(26)29)22(27)17-9-8-10-18(15-17)30-7-3/h8-12,15,21,27H,5-7,13-14H2,1-4H3/b22-20+. The van der Waals surface area contributed by atoms with E-state index in [2.05, 4.69) is 18.7 Å². The summed E-state index contributed by atoms with van der Waals surface area (Å²) in [7, 11) is 0. The van der Waals surface area contributed by atoms with Crippen molar-refractivity contribution in [3.8, 4) is 5.75 Å². The molecule has 1 unspecified atom stereocenters. The van der Waals surface area contributed by atoms with Crippen molar-refractivity contribution in [2.24, 2.45) is 0 Å². The number of nitrogens with zero attached hydrogens (tertiary/aromatic N) is 2. The van der Waals surface area contributed by atoms with Crippen LogP contribution in [0, 0.1) is 6.92 Å². The molecule has 0 radical (unpaired) electrons. The number of carbonyl (C=O) groups excluding carboxylic acids is 2. The molecule has 1 fully saturated rings. The lowest BCUT2D eigenvalue weighted by Crippen LogP contribution is -2.37. The summed E-state index contributed by atoms with van der Waals surface area (Å²) in [5, 5.41) is 11.1. The lowest BCUT2D eigenvalue weighted by molar-refractivity contribution is -0.140. The summed E-state index contributed by atoms with van der Waals surface area (Å²) >= 11 is 0. The maximum absolute atomic E-state index is 13.0. The Hall–Kier alpha value is -3.06. The minimum atomic E-state index is -0.778. The van der Waals surface area contributed by atoms with Crippen LogP contribution in [0.5, 0.6) is 5.75 Å². The molecule has 1 aromatic carbocycles. The number of ketones is 1. The number of likely N-dealkylation sites (tertiary alicyclic amines) is 1. The Balaban J connectivity index is 2.06. The van der Waals surface area contributed by atoms with Gasteiger partial charge in [-0.25, -0.2) is 0 Å². The molecule has 2 aromatic rings. The molecule has 1 amide bonds. The molecule has 1 atom stereocenters. The number of ether oxygens (including phenoxy) is 1. The predicted octanol–water partition coefficient (Wildman–Crippen LogP) is 3.75. The Kier molecular flexibility index (Phi) is 7.17. The van der Waals surface area contributed by atoms with Crippen LogP contribution in [0.4, 0.5) is 0 Å². The molecule has 0 spiro atoms. The minimum Gasteiger partial charge on any atom is -0.507 e. The van der Waals surface area contributed by atoms with E-state index in [0.29, 0.717) is 42.5 Å². The molecule has 31 heavy (non-hydrogen) atoms. The van der Waals surface area contributed by atoms with Crippen LogP contribution in [0.3, 0.4) is 0 Å². The molecule has 3 rings (SSSR count). The SMILES string of the molecule is CCOc1cccc(/C(O)=C2\C(=O)C(=O)N(CCN(CC)CC)C2c2ccc(C)o2)c1. The van der Waals surface area contributed by atoms with Crippen molar-refractivity contribution in [1.29, 1.82) is 0 Å². The Labute approximate surface area is 182 Å². The van der Waals surface area contributed by atoms with Crippen LogP contribution in [0.1, 0.15) is 43.9 Å². The Morgan fingerprint density at radius 3 is 2.52 bits per heavy atom. The smallest absolute Gasteiger partial charge is 0.295 e. The molecule has 2 heterocycles. The van der Waals surface area contributed by atoms with Crippen LogP contribution in [0.2, 0.25) is 0 Å². The number of aliphatic hydroxyl groups excluding tert-OH is 1. The first-order chi connectivity index (χ1) is 14.9. The maximum Gasteiger partial charge on any atom is 0.295 e. The largest absolute Gasteiger partial charge is 0.507 e. The van der Waals surface area contributed by atoms with Crippen molar-refractivity contribution in [3.05, 3.63) is 59.1 Å². The number of hydrogen-bond donors (Lipinski definition) is 1. The Morgan fingerprint density at radius 2 is 1.90 bits per heavy atom. The quantitative estimate of drug-likeness (QED) is 0.374. The van der Waals surface area contributed by atoms with Gasteiger partial charge in [-0.1, -0.05) is 26.0 Å². The van der Waals surface area contributed by atoms with Crippen molar-refractivity contribution in [2.45, 2.75) is 33.7 Å². The van der Waals surface area contributed by atoms with E-state index in [1.54, 1.807) is 43.3 Å². The Bertz CT molecular complexity index is 974. The average molecular weight is 427 g/mol. The van der Waals surface area contributed by atoms with Crippen molar-refractivity contribution in [3.63, 3.8) is 0 Å². The first-order valence-electron chi connectivity index (χ1n) is 10.7. The van der Waals surface area contributed by atoms with Crippen LogP contribution >= 0.6 is 0 Å². The molecule has 0 bridgehead atoms. The van der Waals surface area contributed by atoms with Gasteiger partial charge in [0.1, 0.15) is 29.1 Å². The zero-order valence-electron chi connectivity index (χ0n) is 18.6. The number of Topliss-reactive ketones (excluding diaryl/α,β-unsaturated/α-hetero) is 1. The van der Waals surface area contributed by atoms with Gasteiger partial charge in [0, 0.05) is 18.7 Å². The normalized spacial score (nSPS) is 18.2. The fraction of sp³-hybridized carbons (Fsp3) is 0.417. The summed E-state index contributed by atoms with van der Waals surface area (Å²) in [6.45, 7) is 10.9. The first kappa shape index (κ1) is 22.6. The van der Waals surface area contributed by atoms with Gasteiger partial charge < -0.3 is 24.1 Å². The summed E-state index contributed by atoms with van der Waals surface area (Å²) in [4.78, 5) is 29.6. The molecule has 166 valence electrons. The van der Waals surface area contributed by atoms with E-state index in [-0.39, 0.29) is 11.3 Å². The number of furan rings is 1. The van der Waals surface area contributed by atoms with Gasteiger partial charge in [0.2, 0.25) is 0 Å². The minimum absolute atomic E-state index is 0.0348. The van der Waals surface area contributed by atoms with E-state index in [1.807, 2.05) is 6.92 Å². The van der Waals surface area contributed by atoms with E-state index < -0.39 is 17.7 Å². The second-order valence-corrected chi connectivity index (χ2v) is 7.43. The zero-order chi connectivity index (χ0) is 22.5. The van der Waals surface area contributed by atoms with Gasteiger partial charge in [0.05, 0.1) is 12.2 Å². The highest BCUT2D eigenvalue weighted by atomic mass is 16.5. The highest BCUT2D eigenvalue weighted by Gasteiger charge is 2.47. The van der Waals surface area contributed by atoms with E-state index >= 15 is 0 Å². The number of amides is 1. The van der Waals surface area contributed by atoms with Crippen molar-refractivity contribution < 1.29 is 23.8 Å². The summed E-state index contributed by atoms with van der Waals surface area (Å²) < 4.78 is 11.3. The fourth-order valence-electron chi connectivity index (χ4n) is 3.85. The van der Waals surface area contributed by atoms with Crippen molar-refractivity contribution in [2.75, 3.05) is 32.8 Å². The van der Waals surface area contributed by atoms with Gasteiger partial charge in [0.25, 0.3) is 11.7 Å². The summed E-state index contributed by atoms with van der Waals surface area (Å²) in [5.74, 6) is 0.130. The second-order valence-electron chi connectivity index (χ2n) is 7.43. The summed E-state index contributed by atoms with van der Waals surface area (Å²) in [6.07, 6.45) is 0. The molecular formula is C24H30N2O5. The molecule has 0 aliphatic carbocycles. The van der Waals surface area contributed by atoms with Gasteiger partial charge in [-0.05, 0) is 51.2 Å². The number of aliphatic hydroxyl groups is 1. The molecule has 7 nitrogen and oxygen atoms in total. The number of rotatable bonds is 9. The molecular weight excluding hydrogens is 396 g/mol. The summed E-state index contributed by atoms with van der Waals surface area (Å²) in [6, 6.07) is 9.62. The average Bonchev–Trinajstić information content (AvgIpc) is 3.30. The van der Waals surface area contributed by atoms with Gasteiger partial charge >= 0.3 is 0 Å². The number of benzene rings is 1. The lowest BCUT2D eigenvalue weighted by Gasteiger charge is -2.26.